The lowest BCUT2D eigenvalue weighted by molar-refractivity contribution is 0.585. The van der Waals surface area contributed by atoms with E-state index < -0.39 is 38.8 Å². The van der Waals surface area contributed by atoms with Gasteiger partial charge in [-0.2, -0.15) is 0 Å². The van der Waals surface area contributed by atoms with Gasteiger partial charge in [-0.05, 0) is 31.2 Å². The molecule has 112 valence electrons. The fourth-order valence-corrected chi connectivity index (χ4v) is 3.04. The van der Waals surface area contributed by atoms with Crippen LogP contribution in [-0.2, 0) is 10.0 Å². The Labute approximate surface area is 119 Å². The lowest BCUT2D eigenvalue weighted by Crippen LogP contribution is -2.16. The van der Waals surface area contributed by atoms with Crippen LogP contribution in [0.1, 0.15) is 5.56 Å². The molecule has 0 atom stereocenters. The molecule has 0 aliphatic heterocycles. The smallest absolute Gasteiger partial charge is 0.262 e. The van der Waals surface area contributed by atoms with Gasteiger partial charge in [-0.1, -0.05) is 6.07 Å². The quantitative estimate of drug-likeness (QED) is 0.855. The van der Waals surface area contributed by atoms with Crippen molar-refractivity contribution in [1.29, 1.82) is 0 Å². The second-order valence-corrected chi connectivity index (χ2v) is 5.94. The summed E-state index contributed by atoms with van der Waals surface area (Å²) < 4.78 is 66.4. The highest BCUT2D eigenvalue weighted by Gasteiger charge is 2.21. The predicted molar refractivity (Wildman–Crippen MR) is 72.7 cm³/mol. The second-order valence-electron chi connectivity index (χ2n) is 4.29. The summed E-state index contributed by atoms with van der Waals surface area (Å²) in [6, 6.07) is 5.21. The molecule has 0 saturated carbocycles. The number of rotatable bonds is 3. The fraction of sp³-hybridized carbons (Fsp3) is 0.0769. The van der Waals surface area contributed by atoms with Crippen LogP contribution in [-0.4, -0.2) is 8.42 Å². The van der Waals surface area contributed by atoms with Gasteiger partial charge in [-0.3, -0.25) is 4.72 Å². The summed E-state index contributed by atoms with van der Waals surface area (Å²) in [7, 11) is -4.23. The number of anilines is 2. The third-order valence-corrected chi connectivity index (χ3v) is 4.39. The molecule has 0 aliphatic carbocycles. The summed E-state index contributed by atoms with van der Waals surface area (Å²) in [5.74, 6) is -2.94. The molecule has 3 N–H and O–H groups in total. The Balaban J connectivity index is 2.48. The molecule has 4 nitrogen and oxygen atoms in total. The number of hydrogen-bond donors (Lipinski definition) is 2. The number of nitrogens with one attached hydrogen (secondary N) is 1. The van der Waals surface area contributed by atoms with Crippen molar-refractivity contribution in [3.63, 3.8) is 0 Å². The number of nitrogens with two attached hydrogens (primary N) is 1. The molecule has 2 aromatic rings. The normalized spacial score (nSPS) is 11.4. The number of nitrogen functional groups attached to an aromatic ring is 1. The first-order chi connectivity index (χ1) is 9.74. The van der Waals surface area contributed by atoms with E-state index in [0.717, 1.165) is 18.2 Å². The van der Waals surface area contributed by atoms with Gasteiger partial charge in [0.2, 0.25) is 0 Å². The summed E-state index contributed by atoms with van der Waals surface area (Å²) in [5, 5.41) is 0. The summed E-state index contributed by atoms with van der Waals surface area (Å²) in [6.45, 7) is 1.28. The van der Waals surface area contributed by atoms with Crippen molar-refractivity contribution in [1.82, 2.24) is 0 Å². The van der Waals surface area contributed by atoms with Gasteiger partial charge in [-0.15, -0.1) is 0 Å². The van der Waals surface area contributed by atoms with E-state index in [9.17, 15) is 21.6 Å². The molecule has 2 rings (SSSR count). The minimum absolute atomic E-state index is 0.111. The monoisotopic (exact) mass is 316 g/mol. The van der Waals surface area contributed by atoms with Crippen molar-refractivity contribution >= 4 is 21.4 Å². The molecule has 2 aromatic carbocycles. The van der Waals surface area contributed by atoms with Crippen molar-refractivity contribution in [2.75, 3.05) is 10.5 Å². The molecule has 0 aliphatic rings. The Morgan fingerprint density at radius 2 is 1.71 bits per heavy atom. The molecule has 0 unspecified atom stereocenters. The molecule has 0 saturated heterocycles. The lowest BCUT2D eigenvalue weighted by atomic mass is 10.2. The third-order valence-electron chi connectivity index (χ3n) is 2.88. The van der Waals surface area contributed by atoms with Gasteiger partial charge in [0, 0.05) is 5.56 Å². The molecular weight excluding hydrogens is 305 g/mol. The van der Waals surface area contributed by atoms with Crippen LogP contribution in [0.25, 0.3) is 0 Å². The number of benzene rings is 2. The van der Waals surface area contributed by atoms with E-state index in [2.05, 4.69) is 0 Å². The molecule has 0 spiro atoms. The summed E-state index contributed by atoms with van der Waals surface area (Å²) in [4.78, 5) is -0.343. The Bertz CT molecular complexity index is 807. The number of hydrogen-bond acceptors (Lipinski definition) is 3. The second kappa shape index (κ2) is 5.28. The average Bonchev–Trinajstić information content (AvgIpc) is 2.42. The predicted octanol–water partition coefficient (Wildman–Crippen LogP) is 2.80. The molecule has 8 heteroatoms. The first-order valence-electron chi connectivity index (χ1n) is 5.75. The van der Waals surface area contributed by atoms with E-state index in [-0.39, 0.29) is 10.5 Å². The van der Waals surface area contributed by atoms with Crippen molar-refractivity contribution in [3.8, 4) is 0 Å². The van der Waals surface area contributed by atoms with Gasteiger partial charge in [0.1, 0.15) is 17.3 Å². The van der Waals surface area contributed by atoms with Crippen LogP contribution in [0.4, 0.5) is 24.5 Å². The molecule has 0 bridgehead atoms. The highest BCUT2D eigenvalue weighted by Crippen LogP contribution is 2.26. The minimum atomic E-state index is -4.23. The number of halogens is 3. The minimum Gasteiger partial charge on any atom is -0.394 e. The number of sulfonamides is 1. The van der Waals surface area contributed by atoms with Crippen molar-refractivity contribution < 1.29 is 21.6 Å². The van der Waals surface area contributed by atoms with E-state index in [1.54, 1.807) is 0 Å². The van der Waals surface area contributed by atoms with Crippen LogP contribution < -0.4 is 10.5 Å². The average molecular weight is 316 g/mol. The molecule has 0 heterocycles. The van der Waals surface area contributed by atoms with E-state index in [1.165, 1.54) is 19.1 Å². The van der Waals surface area contributed by atoms with Crippen LogP contribution in [0, 0.1) is 24.4 Å². The van der Waals surface area contributed by atoms with Crippen LogP contribution in [0.15, 0.2) is 35.2 Å². The van der Waals surface area contributed by atoms with E-state index in [0.29, 0.717) is 0 Å². The summed E-state index contributed by atoms with van der Waals surface area (Å²) in [6.07, 6.45) is 0. The molecule has 0 aromatic heterocycles. The van der Waals surface area contributed by atoms with Gasteiger partial charge < -0.3 is 5.73 Å². The highest BCUT2D eigenvalue weighted by atomic mass is 32.2. The first-order valence-corrected chi connectivity index (χ1v) is 7.24. The topological polar surface area (TPSA) is 72.2 Å². The van der Waals surface area contributed by atoms with Crippen LogP contribution in [0.5, 0.6) is 0 Å². The molecule has 0 radical (unpaired) electrons. The van der Waals surface area contributed by atoms with Crippen molar-refractivity contribution in [3.05, 3.63) is 53.3 Å². The van der Waals surface area contributed by atoms with E-state index in [1.807, 2.05) is 4.72 Å². The molecule has 0 fully saturated rings. The van der Waals surface area contributed by atoms with Crippen LogP contribution >= 0.6 is 0 Å². The lowest BCUT2D eigenvalue weighted by Gasteiger charge is -2.12. The van der Waals surface area contributed by atoms with Crippen molar-refractivity contribution in [2.24, 2.45) is 0 Å². The third kappa shape index (κ3) is 2.80. The summed E-state index contributed by atoms with van der Waals surface area (Å²) in [5.41, 5.74) is 3.72. The van der Waals surface area contributed by atoms with Crippen molar-refractivity contribution in [2.45, 2.75) is 11.8 Å². The maximum atomic E-state index is 13.7. The largest absolute Gasteiger partial charge is 0.394 e. The molecule has 21 heavy (non-hydrogen) atoms. The maximum Gasteiger partial charge on any atom is 0.262 e. The first kappa shape index (κ1) is 15.2. The van der Waals surface area contributed by atoms with Gasteiger partial charge >= 0.3 is 0 Å². The Morgan fingerprint density at radius 1 is 1.05 bits per heavy atom. The highest BCUT2D eigenvalue weighted by molar-refractivity contribution is 7.92. The van der Waals surface area contributed by atoms with Crippen LogP contribution in [0.3, 0.4) is 0 Å². The zero-order valence-corrected chi connectivity index (χ0v) is 11.6. The zero-order valence-electron chi connectivity index (χ0n) is 10.8. The van der Waals surface area contributed by atoms with Crippen LogP contribution in [0.2, 0.25) is 0 Å². The Hall–Kier alpha value is -2.22. The van der Waals surface area contributed by atoms with Gasteiger partial charge in [0.05, 0.1) is 10.6 Å². The van der Waals surface area contributed by atoms with Gasteiger partial charge in [-0.25, -0.2) is 21.6 Å². The SMILES string of the molecule is Cc1c(F)cccc1S(=O)(=O)Nc1ccc(F)c(N)c1F. The Kier molecular flexibility index (Phi) is 3.82. The van der Waals surface area contributed by atoms with Gasteiger partial charge in [0.25, 0.3) is 10.0 Å². The van der Waals surface area contributed by atoms with E-state index in [4.69, 9.17) is 5.73 Å². The fourth-order valence-electron chi connectivity index (χ4n) is 1.73. The summed E-state index contributed by atoms with van der Waals surface area (Å²) >= 11 is 0. The standard InChI is InChI=1S/C13H11F3N2O2S/c1-7-8(14)3-2-4-11(7)21(19,20)18-10-6-5-9(15)13(17)12(10)16/h2-6,18H,17H2,1H3. The Morgan fingerprint density at radius 3 is 2.38 bits per heavy atom. The zero-order chi connectivity index (χ0) is 15.8. The molecule has 0 amide bonds. The maximum absolute atomic E-state index is 13.7. The molecular formula is C13H11F3N2O2S. The van der Waals surface area contributed by atoms with Gasteiger partial charge in [0.15, 0.2) is 5.82 Å². The van der Waals surface area contributed by atoms with E-state index >= 15 is 0 Å².